The third kappa shape index (κ3) is 3.51. The number of anilines is 1. The monoisotopic (exact) mass is 327 g/mol. The van der Waals surface area contributed by atoms with E-state index in [1.54, 1.807) is 38.5 Å². The van der Waals surface area contributed by atoms with Crippen LogP contribution >= 0.6 is 0 Å². The van der Waals surface area contributed by atoms with Crippen molar-refractivity contribution >= 4 is 22.8 Å². The van der Waals surface area contributed by atoms with Crippen molar-refractivity contribution in [2.75, 3.05) is 26.0 Å². The lowest BCUT2D eigenvalue weighted by Crippen LogP contribution is -2.21. The molecule has 0 spiro atoms. The number of hydrogen-bond acceptors (Lipinski definition) is 4. The fourth-order valence-electron chi connectivity index (χ4n) is 2.35. The third-order valence-corrected chi connectivity index (χ3v) is 3.58. The minimum absolute atomic E-state index is 0.0800. The summed E-state index contributed by atoms with van der Waals surface area (Å²) in [6, 6.07) is 7.99. The average molecular weight is 327 g/mol. The van der Waals surface area contributed by atoms with Gasteiger partial charge in [-0.2, -0.15) is 0 Å². The third-order valence-electron chi connectivity index (χ3n) is 3.58. The Morgan fingerprint density at radius 2 is 2.12 bits per heavy atom. The summed E-state index contributed by atoms with van der Waals surface area (Å²) < 4.78 is 13.2. The molecule has 7 heteroatoms. The van der Waals surface area contributed by atoms with Gasteiger partial charge in [-0.3, -0.25) is 4.79 Å². The van der Waals surface area contributed by atoms with E-state index >= 15 is 0 Å². The largest absolute Gasteiger partial charge is 0.370 e. The maximum absolute atomic E-state index is 13.2. The van der Waals surface area contributed by atoms with Gasteiger partial charge in [0.2, 0.25) is 0 Å². The lowest BCUT2D eigenvalue weighted by atomic mass is 10.2. The number of halogens is 1. The minimum atomic E-state index is -0.285. The summed E-state index contributed by atoms with van der Waals surface area (Å²) in [5.41, 5.74) is 1.98. The number of pyridine rings is 1. The zero-order valence-corrected chi connectivity index (χ0v) is 13.5. The predicted molar refractivity (Wildman–Crippen MR) is 90.5 cm³/mol. The van der Waals surface area contributed by atoms with Gasteiger partial charge in [-0.1, -0.05) is 0 Å². The Balaban J connectivity index is 1.58. The van der Waals surface area contributed by atoms with Gasteiger partial charge in [-0.25, -0.2) is 14.4 Å². The Hall–Kier alpha value is -2.96. The molecule has 0 saturated heterocycles. The van der Waals surface area contributed by atoms with Crippen molar-refractivity contribution in [2.45, 2.75) is 6.42 Å². The second-order valence-electron chi connectivity index (χ2n) is 5.65. The van der Waals surface area contributed by atoms with Crippen molar-refractivity contribution in [3.63, 3.8) is 0 Å². The number of amides is 1. The smallest absolute Gasteiger partial charge is 0.254 e. The highest BCUT2D eigenvalue weighted by molar-refractivity contribution is 5.93. The highest BCUT2D eigenvalue weighted by atomic mass is 19.1. The van der Waals surface area contributed by atoms with Gasteiger partial charge in [0.15, 0.2) is 0 Å². The summed E-state index contributed by atoms with van der Waals surface area (Å²) in [5.74, 6) is 1.10. The van der Waals surface area contributed by atoms with Gasteiger partial charge in [0.25, 0.3) is 5.91 Å². The summed E-state index contributed by atoms with van der Waals surface area (Å²) in [5, 5.41) is 3.17. The maximum Gasteiger partial charge on any atom is 0.254 e. The molecular weight excluding hydrogens is 309 g/mol. The Kier molecular flexibility index (Phi) is 4.41. The molecule has 0 bridgehead atoms. The molecule has 0 fully saturated rings. The van der Waals surface area contributed by atoms with E-state index in [1.807, 2.05) is 0 Å². The fraction of sp³-hybridized carbons (Fsp3) is 0.235. The van der Waals surface area contributed by atoms with Crippen LogP contribution in [0.2, 0.25) is 0 Å². The molecule has 6 nitrogen and oxygen atoms in total. The highest BCUT2D eigenvalue weighted by Gasteiger charge is 2.08. The molecule has 2 aromatic heterocycles. The van der Waals surface area contributed by atoms with Gasteiger partial charge >= 0.3 is 0 Å². The van der Waals surface area contributed by atoms with Crippen molar-refractivity contribution in [1.29, 1.82) is 0 Å². The number of benzene rings is 1. The van der Waals surface area contributed by atoms with E-state index in [2.05, 4.69) is 20.3 Å². The van der Waals surface area contributed by atoms with Gasteiger partial charge in [-0.05, 0) is 30.3 Å². The van der Waals surface area contributed by atoms with E-state index in [0.717, 1.165) is 11.3 Å². The molecule has 2 heterocycles. The Morgan fingerprint density at radius 1 is 1.29 bits per heavy atom. The van der Waals surface area contributed by atoms with Crippen molar-refractivity contribution in [2.24, 2.45) is 0 Å². The van der Waals surface area contributed by atoms with E-state index in [0.29, 0.717) is 29.9 Å². The Labute approximate surface area is 138 Å². The van der Waals surface area contributed by atoms with E-state index in [-0.39, 0.29) is 11.7 Å². The number of nitrogens with one attached hydrogen (secondary N) is 2. The van der Waals surface area contributed by atoms with Gasteiger partial charge < -0.3 is 15.2 Å². The fourth-order valence-corrected chi connectivity index (χ4v) is 2.35. The molecule has 0 aliphatic carbocycles. The first kappa shape index (κ1) is 15.9. The first-order valence-corrected chi connectivity index (χ1v) is 7.58. The number of H-pyrrole nitrogens is 1. The molecule has 0 atom stereocenters. The van der Waals surface area contributed by atoms with Crippen LogP contribution in [-0.4, -0.2) is 46.4 Å². The highest BCUT2D eigenvalue weighted by Crippen LogP contribution is 2.13. The number of imidazole rings is 1. The molecule has 3 aromatic rings. The van der Waals surface area contributed by atoms with Crippen LogP contribution in [0.5, 0.6) is 0 Å². The predicted octanol–water partition coefficient (Wildman–Crippen LogP) is 2.45. The van der Waals surface area contributed by atoms with Crippen molar-refractivity contribution < 1.29 is 9.18 Å². The number of nitrogens with zero attached hydrogens (tertiary/aromatic N) is 3. The second kappa shape index (κ2) is 6.66. The van der Waals surface area contributed by atoms with E-state index < -0.39 is 0 Å². The number of aromatic amines is 1. The summed E-state index contributed by atoms with van der Waals surface area (Å²) in [6.07, 6.45) is 2.20. The molecule has 3 rings (SSSR count). The van der Waals surface area contributed by atoms with Crippen LogP contribution in [0.1, 0.15) is 16.2 Å². The molecule has 24 heavy (non-hydrogen) atoms. The SMILES string of the molecule is CN(C)C(=O)c1ccc(NCCc2nc3ccc(F)cc3[nH]2)nc1. The quantitative estimate of drug-likeness (QED) is 0.755. The van der Waals surface area contributed by atoms with Crippen LogP contribution in [0, 0.1) is 5.82 Å². The number of aromatic nitrogens is 3. The summed E-state index contributed by atoms with van der Waals surface area (Å²) in [7, 11) is 3.40. The molecular formula is C17H18FN5O. The van der Waals surface area contributed by atoms with Gasteiger partial charge in [0, 0.05) is 33.3 Å². The average Bonchev–Trinajstić information content (AvgIpc) is 2.96. The molecule has 0 aliphatic rings. The number of fused-ring (bicyclic) bond motifs is 1. The minimum Gasteiger partial charge on any atom is -0.370 e. The summed E-state index contributed by atoms with van der Waals surface area (Å²) in [4.78, 5) is 25.0. The molecule has 1 amide bonds. The summed E-state index contributed by atoms with van der Waals surface area (Å²) in [6.45, 7) is 0.621. The second-order valence-corrected chi connectivity index (χ2v) is 5.65. The van der Waals surface area contributed by atoms with Crippen LogP contribution in [-0.2, 0) is 6.42 Å². The number of carbonyl (C=O) groups excluding carboxylic acids is 1. The summed E-state index contributed by atoms with van der Waals surface area (Å²) >= 11 is 0. The zero-order valence-electron chi connectivity index (χ0n) is 13.5. The topological polar surface area (TPSA) is 73.9 Å². The van der Waals surface area contributed by atoms with Crippen LogP contribution in [0.15, 0.2) is 36.5 Å². The number of carbonyl (C=O) groups is 1. The molecule has 124 valence electrons. The molecule has 0 saturated carbocycles. The first-order chi connectivity index (χ1) is 11.5. The molecule has 0 unspecified atom stereocenters. The standard InChI is InChI=1S/C17H18FN5O/c1-23(2)17(24)11-3-6-15(20-10-11)19-8-7-16-21-13-5-4-12(18)9-14(13)22-16/h3-6,9-10H,7-8H2,1-2H3,(H,19,20)(H,21,22). The van der Waals surface area contributed by atoms with E-state index in [1.165, 1.54) is 17.0 Å². The van der Waals surface area contributed by atoms with Gasteiger partial charge in [0.1, 0.15) is 17.5 Å². The normalized spacial score (nSPS) is 10.8. The molecule has 1 aromatic carbocycles. The van der Waals surface area contributed by atoms with Gasteiger partial charge in [0.05, 0.1) is 16.6 Å². The number of hydrogen-bond donors (Lipinski definition) is 2. The van der Waals surface area contributed by atoms with Crippen molar-refractivity contribution in [1.82, 2.24) is 19.9 Å². The molecule has 0 radical (unpaired) electrons. The lowest BCUT2D eigenvalue weighted by molar-refractivity contribution is 0.0827. The Morgan fingerprint density at radius 3 is 2.83 bits per heavy atom. The van der Waals surface area contributed by atoms with Crippen LogP contribution in [0.4, 0.5) is 10.2 Å². The van der Waals surface area contributed by atoms with Crippen molar-refractivity contribution in [3.05, 3.63) is 53.7 Å². The van der Waals surface area contributed by atoms with Crippen LogP contribution in [0.25, 0.3) is 11.0 Å². The van der Waals surface area contributed by atoms with E-state index in [4.69, 9.17) is 0 Å². The van der Waals surface area contributed by atoms with Crippen LogP contribution in [0.3, 0.4) is 0 Å². The van der Waals surface area contributed by atoms with E-state index in [9.17, 15) is 9.18 Å². The Bertz CT molecular complexity index is 857. The number of rotatable bonds is 5. The van der Waals surface area contributed by atoms with Crippen LogP contribution < -0.4 is 5.32 Å². The maximum atomic E-state index is 13.2. The van der Waals surface area contributed by atoms with Gasteiger partial charge in [-0.15, -0.1) is 0 Å². The first-order valence-electron chi connectivity index (χ1n) is 7.58. The van der Waals surface area contributed by atoms with Crippen molar-refractivity contribution in [3.8, 4) is 0 Å². The zero-order chi connectivity index (χ0) is 17.1. The lowest BCUT2D eigenvalue weighted by Gasteiger charge is -2.10. The molecule has 2 N–H and O–H groups in total. The molecule has 0 aliphatic heterocycles.